The van der Waals surface area contributed by atoms with E-state index in [1.54, 1.807) is 0 Å². The molecule has 1 spiro atoms. The van der Waals surface area contributed by atoms with Gasteiger partial charge in [-0.2, -0.15) is 0 Å². The zero-order chi connectivity index (χ0) is 12.2. The first-order valence-corrected chi connectivity index (χ1v) is 7.65. The van der Waals surface area contributed by atoms with Crippen molar-refractivity contribution in [2.75, 3.05) is 13.1 Å². The van der Waals surface area contributed by atoms with Crippen molar-refractivity contribution in [1.29, 1.82) is 0 Å². The van der Waals surface area contributed by atoms with Gasteiger partial charge in [0, 0.05) is 13.1 Å². The third-order valence-corrected chi connectivity index (χ3v) is 4.72. The Morgan fingerprint density at radius 2 is 1.82 bits per heavy atom. The van der Waals surface area contributed by atoms with E-state index in [4.69, 9.17) is 4.74 Å². The molecule has 100 valence electrons. The topological polar surface area (TPSA) is 21.3 Å². The minimum atomic E-state index is 0.131. The molecule has 1 heterocycles. The van der Waals surface area contributed by atoms with Gasteiger partial charge in [-0.25, -0.2) is 0 Å². The van der Waals surface area contributed by atoms with E-state index in [-0.39, 0.29) is 11.2 Å². The molecule has 1 atom stereocenters. The molecule has 17 heavy (non-hydrogen) atoms. The third-order valence-electron chi connectivity index (χ3n) is 4.72. The van der Waals surface area contributed by atoms with Crippen molar-refractivity contribution in [3.8, 4) is 0 Å². The van der Waals surface area contributed by atoms with Crippen molar-refractivity contribution < 1.29 is 4.74 Å². The molecule has 1 aliphatic carbocycles. The molecule has 0 amide bonds. The van der Waals surface area contributed by atoms with Crippen LogP contribution in [0.2, 0.25) is 0 Å². The molecule has 1 aliphatic heterocycles. The molecule has 0 aromatic heterocycles. The number of ether oxygens (including phenoxy) is 1. The molecule has 2 rings (SSSR count). The summed E-state index contributed by atoms with van der Waals surface area (Å²) in [5.41, 5.74) is 0.311. The maximum absolute atomic E-state index is 6.69. The fraction of sp³-hybridized carbons (Fsp3) is 1.00. The zero-order valence-corrected chi connectivity index (χ0v) is 11.7. The van der Waals surface area contributed by atoms with E-state index in [1.807, 2.05) is 0 Å². The second-order valence-electron chi connectivity index (χ2n) is 6.09. The molecule has 1 saturated heterocycles. The summed E-state index contributed by atoms with van der Waals surface area (Å²) < 4.78 is 6.69. The average Bonchev–Trinajstić information content (AvgIpc) is 2.37. The molecule has 2 heteroatoms. The van der Waals surface area contributed by atoms with E-state index >= 15 is 0 Å². The second kappa shape index (κ2) is 5.71. The van der Waals surface area contributed by atoms with Crippen LogP contribution in [0.4, 0.5) is 0 Å². The van der Waals surface area contributed by atoms with E-state index in [0.29, 0.717) is 0 Å². The van der Waals surface area contributed by atoms with Gasteiger partial charge in [0.15, 0.2) is 0 Å². The largest absolute Gasteiger partial charge is 0.366 e. The fourth-order valence-corrected chi connectivity index (χ4v) is 3.54. The number of hydrogen-bond donors (Lipinski definition) is 1. The van der Waals surface area contributed by atoms with E-state index in [0.717, 1.165) is 19.5 Å². The van der Waals surface area contributed by atoms with Crippen molar-refractivity contribution in [3.05, 3.63) is 0 Å². The maximum atomic E-state index is 6.69. The molecule has 0 bridgehead atoms. The van der Waals surface area contributed by atoms with Crippen LogP contribution in [0.1, 0.15) is 71.6 Å². The van der Waals surface area contributed by atoms with Crippen LogP contribution in [0.25, 0.3) is 0 Å². The predicted molar refractivity (Wildman–Crippen MR) is 72.3 cm³/mol. The Hall–Kier alpha value is -0.0800. The Morgan fingerprint density at radius 1 is 1.06 bits per heavy atom. The number of rotatable bonds is 4. The lowest BCUT2D eigenvalue weighted by molar-refractivity contribution is -0.195. The molecular weight excluding hydrogens is 210 g/mol. The van der Waals surface area contributed by atoms with Crippen LogP contribution in [0.5, 0.6) is 0 Å². The summed E-state index contributed by atoms with van der Waals surface area (Å²) in [5, 5.41) is 3.67. The van der Waals surface area contributed by atoms with Crippen molar-refractivity contribution in [1.82, 2.24) is 5.32 Å². The number of unbranched alkanes of at least 4 members (excludes halogenated alkanes) is 1. The normalized spacial score (nSPS) is 32.8. The highest BCUT2D eigenvalue weighted by molar-refractivity contribution is 4.97. The van der Waals surface area contributed by atoms with Gasteiger partial charge in [0.25, 0.3) is 0 Å². The SMILES string of the molecule is CCCCC1(CC)CNCC2(CCCCC2)O1. The van der Waals surface area contributed by atoms with Crippen molar-refractivity contribution in [2.45, 2.75) is 82.8 Å². The molecule has 2 nitrogen and oxygen atoms in total. The second-order valence-corrected chi connectivity index (χ2v) is 6.09. The highest BCUT2D eigenvalue weighted by atomic mass is 16.5. The molecule has 0 aromatic carbocycles. The van der Waals surface area contributed by atoms with Crippen molar-refractivity contribution >= 4 is 0 Å². The molecule has 1 N–H and O–H groups in total. The molecule has 2 aliphatic rings. The number of morpholine rings is 1. The summed E-state index contributed by atoms with van der Waals surface area (Å²) in [7, 11) is 0. The van der Waals surface area contributed by atoms with Crippen LogP contribution in [0.3, 0.4) is 0 Å². The lowest BCUT2D eigenvalue weighted by Crippen LogP contribution is -2.60. The Morgan fingerprint density at radius 3 is 2.47 bits per heavy atom. The molecule has 0 aromatic rings. The molecule has 2 fully saturated rings. The smallest absolute Gasteiger partial charge is 0.0814 e. The monoisotopic (exact) mass is 239 g/mol. The van der Waals surface area contributed by atoms with Crippen LogP contribution in [0, 0.1) is 0 Å². The summed E-state index contributed by atoms with van der Waals surface area (Å²) in [6.07, 6.45) is 11.6. The third kappa shape index (κ3) is 3.03. The molecule has 1 saturated carbocycles. The predicted octanol–water partition coefficient (Wildman–Crippen LogP) is 3.65. The first-order valence-electron chi connectivity index (χ1n) is 7.65. The van der Waals surface area contributed by atoms with E-state index in [2.05, 4.69) is 19.2 Å². The summed E-state index contributed by atoms with van der Waals surface area (Å²) in [5.74, 6) is 0. The first kappa shape index (κ1) is 13.4. The van der Waals surface area contributed by atoms with E-state index < -0.39 is 0 Å². The summed E-state index contributed by atoms with van der Waals surface area (Å²) in [6.45, 7) is 6.71. The van der Waals surface area contributed by atoms with Gasteiger partial charge >= 0.3 is 0 Å². The first-order chi connectivity index (χ1) is 8.24. The van der Waals surface area contributed by atoms with Gasteiger partial charge in [-0.15, -0.1) is 0 Å². The average molecular weight is 239 g/mol. The highest BCUT2D eigenvalue weighted by Crippen LogP contribution is 2.39. The van der Waals surface area contributed by atoms with Gasteiger partial charge in [0.1, 0.15) is 0 Å². The standard InChI is InChI=1S/C15H29NO/c1-3-5-9-14(4-2)12-16-13-15(17-14)10-7-6-8-11-15/h16H,3-13H2,1-2H3. The maximum Gasteiger partial charge on any atom is 0.0814 e. The van der Waals surface area contributed by atoms with Crippen LogP contribution in [-0.2, 0) is 4.74 Å². The molecule has 1 unspecified atom stereocenters. The molecule has 0 radical (unpaired) electrons. The van der Waals surface area contributed by atoms with Crippen LogP contribution in [0.15, 0.2) is 0 Å². The summed E-state index contributed by atoms with van der Waals surface area (Å²) >= 11 is 0. The number of nitrogens with one attached hydrogen (secondary N) is 1. The van der Waals surface area contributed by atoms with E-state index in [1.165, 1.54) is 51.4 Å². The van der Waals surface area contributed by atoms with Crippen LogP contribution >= 0.6 is 0 Å². The van der Waals surface area contributed by atoms with Crippen LogP contribution in [-0.4, -0.2) is 24.3 Å². The Bertz CT molecular complexity index is 230. The lowest BCUT2D eigenvalue weighted by atomic mass is 9.80. The minimum absolute atomic E-state index is 0.131. The van der Waals surface area contributed by atoms with Crippen LogP contribution < -0.4 is 5.32 Å². The van der Waals surface area contributed by atoms with Gasteiger partial charge in [-0.1, -0.05) is 46.0 Å². The minimum Gasteiger partial charge on any atom is -0.366 e. The van der Waals surface area contributed by atoms with Gasteiger partial charge in [0.2, 0.25) is 0 Å². The summed E-state index contributed by atoms with van der Waals surface area (Å²) in [6, 6.07) is 0. The highest BCUT2D eigenvalue weighted by Gasteiger charge is 2.44. The zero-order valence-electron chi connectivity index (χ0n) is 11.7. The van der Waals surface area contributed by atoms with Gasteiger partial charge in [-0.05, 0) is 25.7 Å². The Kier molecular flexibility index (Phi) is 4.48. The number of hydrogen-bond acceptors (Lipinski definition) is 2. The van der Waals surface area contributed by atoms with Gasteiger partial charge in [-0.3, -0.25) is 0 Å². The molecular formula is C15H29NO. The Balaban J connectivity index is 2.02. The quantitative estimate of drug-likeness (QED) is 0.808. The van der Waals surface area contributed by atoms with Gasteiger partial charge < -0.3 is 10.1 Å². The van der Waals surface area contributed by atoms with E-state index in [9.17, 15) is 0 Å². The Labute approximate surface area is 107 Å². The van der Waals surface area contributed by atoms with Crippen molar-refractivity contribution in [2.24, 2.45) is 0 Å². The van der Waals surface area contributed by atoms with Gasteiger partial charge in [0.05, 0.1) is 11.2 Å². The fourth-order valence-electron chi connectivity index (χ4n) is 3.54. The lowest BCUT2D eigenvalue weighted by Gasteiger charge is -2.50. The summed E-state index contributed by atoms with van der Waals surface area (Å²) in [4.78, 5) is 0. The van der Waals surface area contributed by atoms with Crippen molar-refractivity contribution in [3.63, 3.8) is 0 Å².